The van der Waals surface area contributed by atoms with Crippen molar-refractivity contribution in [3.8, 4) is 0 Å². The summed E-state index contributed by atoms with van der Waals surface area (Å²) in [5.41, 5.74) is 2.09. The number of fused-ring (bicyclic) bond motifs is 2. The zero-order valence-corrected chi connectivity index (χ0v) is 12.4. The summed E-state index contributed by atoms with van der Waals surface area (Å²) in [6.45, 7) is 3.87. The van der Waals surface area contributed by atoms with Crippen molar-refractivity contribution in [1.82, 2.24) is 5.32 Å². The average molecular weight is 277 g/mol. The second-order valence-corrected chi connectivity index (χ2v) is 7.05. The fraction of sp³-hybridized carbons (Fsp3) is 0.882. The first-order valence-corrected chi connectivity index (χ1v) is 8.51. The topological polar surface area (TPSA) is 30.5 Å². The van der Waals surface area contributed by atoms with Crippen molar-refractivity contribution in [2.75, 3.05) is 26.4 Å². The molecule has 2 heterocycles. The first kappa shape index (κ1) is 13.3. The molecule has 4 rings (SSSR count). The molecule has 0 amide bonds. The van der Waals surface area contributed by atoms with Gasteiger partial charge in [-0.3, -0.25) is 0 Å². The highest BCUT2D eigenvalue weighted by Gasteiger charge is 2.64. The summed E-state index contributed by atoms with van der Waals surface area (Å²) >= 11 is 0. The van der Waals surface area contributed by atoms with Crippen LogP contribution in [0.5, 0.6) is 0 Å². The number of hydrogen-bond acceptors (Lipinski definition) is 3. The van der Waals surface area contributed by atoms with Gasteiger partial charge in [-0.05, 0) is 38.6 Å². The summed E-state index contributed by atoms with van der Waals surface area (Å²) in [5.74, 6) is 0.803. The quantitative estimate of drug-likeness (QED) is 0.801. The third kappa shape index (κ3) is 2.06. The number of rotatable bonds is 4. The molecule has 1 spiro atoms. The molecule has 3 atom stereocenters. The van der Waals surface area contributed by atoms with Crippen LogP contribution in [-0.2, 0) is 9.47 Å². The van der Waals surface area contributed by atoms with E-state index in [1.54, 1.807) is 5.57 Å². The van der Waals surface area contributed by atoms with Crippen LogP contribution in [0.3, 0.4) is 0 Å². The maximum atomic E-state index is 6.05. The highest BCUT2D eigenvalue weighted by Crippen LogP contribution is 2.60. The second kappa shape index (κ2) is 5.43. The minimum absolute atomic E-state index is 0.505. The van der Waals surface area contributed by atoms with Crippen LogP contribution in [0, 0.1) is 11.3 Å². The van der Waals surface area contributed by atoms with Crippen LogP contribution < -0.4 is 5.32 Å². The summed E-state index contributed by atoms with van der Waals surface area (Å²) in [6.07, 6.45) is 12.1. The van der Waals surface area contributed by atoms with E-state index in [9.17, 15) is 0 Å². The maximum absolute atomic E-state index is 6.05. The van der Waals surface area contributed by atoms with Gasteiger partial charge >= 0.3 is 0 Å². The van der Waals surface area contributed by atoms with Crippen LogP contribution in [0.2, 0.25) is 0 Å². The van der Waals surface area contributed by atoms with Crippen LogP contribution in [0.25, 0.3) is 0 Å². The number of hydrogen-bond donors (Lipinski definition) is 1. The van der Waals surface area contributed by atoms with Crippen molar-refractivity contribution in [3.05, 3.63) is 11.6 Å². The van der Waals surface area contributed by atoms with Gasteiger partial charge in [0.15, 0.2) is 0 Å². The molecule has 2 saturated carbocycles. The first-order chi connectivity index (χ1) is 9.90. The molecule has 0 aromatic heterocycles. The summed E-state index contributed by atoms with van der Waals surface area (Å²) in [5, 5.41) is 3.91. The zero-order chi connectivity index (χ0) is 13.4. The normalized spacial score (nSPS) is 38.6. The smallest absolute Gasteiger partial charge is 0.0690 e. The molecular formula is C17H27NO2. The van der Waals surface area contributed by atoms with E-state index < -0.39 is 0 Å². The van der Waals surface area contributed by atoms with E-state index in [4.69, 9.17) is 9.47 Å². The monoisotopic (exact) mass is 277 g/mol. The Bertz CT molecular complexity index is 386. The first-order valence-electron chi connectivity index (χ1n) is 8.51. The van der Waals surface area contributed by atoms with Gasteiger partial charge in [-0.25, -0.2) is 0 Å². The van der Waals surface area contributed by atoms with Crippen molar-refractivity contribution >= 4 is 0 Å². The molecule has 2 aliphatic carbocycles. The predicted molar refractivity (Wildman–Crippen MR) is 78.7 cm³/mol. The predicted octanol–water partition coefficient (Wildman–Crippen LogP) is 2.66. The largest absolute Gasteiger partial charge is 0.377 e. The van der Waals surface area contributed by atoms with Crippen LogP contribution >= 0.6 is 0 Å². The van der Waals surface area contributed by atoms with E-state index in [0.29, 0.717) is 11.5 Å². The van der Waals surface area contributed by atoms with Crippen molar-refractivity contribution in [2.24, 2.45) is 11.3 Å². The van der Waals surface area contributed by atoms with E-state index in [2.05, 4.69) is 11.4 Å². The Morgan fingerprint density at radius 3 is 2.95 bits per heavy atom. The molecule has 0 radical (unpaired) electrons. The maximum Gasteiger partial charge on any atom is 0.0690 e. The lowest BCUT2D eigenvalue weighted by Crippen LogP contribution is -2.67. The lowest BCUT2D eigenvalue weighted by atomic mass is 9.54. The molecule has 20 heavy (non-hydrogen) atoms. The Balaban J connectivity index is 1.34. The Hall–Kier alpha value is -0.380. The highest BCUT2D eigenvalue weighted by molar-refractivity contribution is 5.17. The molecule has 2 aliphatic heterocycles. The van der Waals surface area contributed by atoms with Gasteiger partial charge in [-0.15, -0.1) is 0 Å². The molecule has 0 unspecified atom stereocenters. The average Bonchev–Trinajstić information content (AvgIpc) is 3.13. The van der Waals surface area contributed by atoms with Gasteiger partial charge in [0.05, 0.1) is 19.3 Å². The van der Waals surface area contributed by atoms with E-state index >= 15 is 0 Å². The molecular weight excluding hydrogens is 250 g/mol. The summed E-state index contributed by atoms with van der Waals surface area (Å²) in [4.78, 5) is 0. The second-order valence-electron chi connectivity index (χ2n) is 7.05. The van der Waals surface area contributed by atoms with E-state index in [1.807, 2.05) is 0 Å². The van der Waals surface area contributed by atoms with Gasteiger partial charge in [0.2, 0.25) is 0 Å². The number of nitrogens with one attached hydrogen (secondary N) is 1. The minimum Gasteiger partial charge on any atom is -0.377 e. The Kier molecular flexibility index (Phi) is 3.61. The van der Waals surface area contributed by atoms with E-state index in [1.165, 1.54) is 38.5 Å². The van der Waals surface area contributed by atoms with Gasteiger partial charge < -0.3 is 14.8 Å². The third-order valence-electron chi connectivity index (χ3n) is 6.15. The van der Waals surface area contributed by atoms with Gasteiger partial charge in [-0.2, -0.15) is 0 Å². The highest BCUT2D eigenvalue weighted by atomic mass is 16.5. The van der Waals surface area contributed by atoms with Gasteiger partial charge in [0.25, 0.3) is 0 Å². The third-order valence-corrected chi connectivity index (χ3v) is 6.15. The molecule has 4 aliphatic rings. The van der Waals surface area contributed by atoms with Gasteiger partial charge in [-0.1, -0.05) is 24.5 Å². The lowest BCUT2D eigenvalue weighted by Gasteiger charge is -2.57. The van der Waals surface area contributed by atoms with E-state index in [-0.39, 0.29) is 0 Å². The van der Waals surface area contributed by atoms with Crippen LogP contribution in [-0.4, -0.2) is 38.5 Å². The molecule has 1 N–H and O–H groups in total. The molecule has 112 valence electrons. The van der Waals surface area contributed by atoms with Crippen LogP contribution in [0.1, 0.15) is 44.9 Å². The Morgan fingerprint density at radius 1 is 1.25 bits per heavy atom. The van der Waals surface area contributed by atoms with Crippen molar-refractivity contribution in [3.63, 3.8) is 0 Å². The summed E-state index contributed by atoms with van der Waals surface area (Å²) in [7, 11) is 0. The molecule has 0 aromatic carbocycles. The minimum atomic E-state index is 0.505. The fourth-order valence-electron chi connectivity index (χ4n) is 5.19. The Labute approximate surface area is 122 Å². The summed E-state index contributed by atoms with van der Waals surface area (Å²) < 4.78 is 11.4. The summed E-state index contributed by atoms with van der Waals surface area (Å²) in [6, 6.07) is 0.734. The van der Waals surface area contributed by atoms with Crippen LogP contribution in [0.4, 0.5) is 0 Å². The van der Waals surface area contributed by atoms with Crippen molar-refractivity contribution in [1.29, 1.82) is 0 Å². The molecule has 0 aromatic rings. The lowest BCUT2D eigenvalue weighted by molar-refractivity contribution is -0.130. The fourth-order valence-corrected chi connectivity index (χ4v) is 5.19. The molecule has 3 fully saturated rings. The van der Waals surface area contributed by atoms with E-state index in [0.717, 1.165) is 44.7 Å². The number of ether oxygens (including phenoxy) is 2. The van der Waals surface area contributed by atoms with Gasteiger partial charge in [0.1, 0.15) is 0 Å². The molecule has 0 bridgehead atoms. The Morgan fingerprint density at radius 2 is 2.15 bits per heavy atom. The standard InChI is InChI=1S/C17H27NO2/c1-2-8-17(7-1)15(14-6-12-20-16(14)17)18-9-3-13-4-10-19-11-5-13/h4,14-16,18H,1-3,5-12H2/t14-,15+,16+/m0/s1. The molecule has 1 saturated heterocycles. The molecule has 3 nitrogen and oxygen atoms in total. The van der Waals surface area contributed by atoms with Crippen molar-refractivity contribution < 1.29 is 9.47 Å². The van der Waals surface area contributed by atoms with Crippen molar-refractivity contribution in [2.45, 2.75) is 57.1 Å². The van der Waals surface area contributed by atoms with Gasteiger partial charge in [0, 0.05) is 24.0 Å². The van der Waals surface area contributed by atoms with Crippen LogP contribution in [0.15, 0.2) is 11.6 Å². The zero-order valence-electron chi connectivity index (χ0n) is 12.4. The molecule has 3 heteroatoms. The SMILES string of the molecule is C1=C(CCN[C@@H]2[C@@H]3CCO[C@H]3C23CCCC3)CCOC1.